The van der Waals surface area contributed by atoms with Gasteiger partial charge in [0.25, 0.3) is 13.9 Å². The SMILES string of the molecule is C1CCC2=NCCCN2CC1.CC(C)(C)[Si](C)(C)O[C@]1(O[PH](=O)O)[C@@H](CO[Si](c2ccccc2)(c2ccccc2)C(C)(C)C)O[C@@H](n2ccc(=O)[nH]c2=O)[C@@H]1O. The maximum Gasteiger partial charge on any atom is 0.330 e. The first-order chi connectivity index (χ1) is 26.3. The van der Waals surface area contributed by atoms with Crippen LogP contribution in [0, 0.1) is 0 Å². The number of fused-ring (bicyclic) bond motifs is 1. The molecule has 3 N–H and O–H groups in total. The summed E-state index contributed by atoms with van der Waals surface area (Å²) in [5, 5.41) is 13.1. The normalized spacial score (nSPS) is 24.0. The molecule has 13 nitrogen and oxygen atoms in total. The number of hydrogen-bond acceptors (Lipinski definition) is 10. The Kier molecular flexibility index (Phi) is 14.1. The quantitative estimate of drug-likeness (QED) is 0.141. The van der Waals surface area contributed by atoms with Crippen molar-refractivity contribution in [2.24, 2.45) is 4.99 Å². The third-order valence-corrected chi connectivity index (χ3v) is 21.4. The fourth-order valence-electron chi connectivity index (χ4n) is 7.59. The number of benzene rings is 2. The number of aromatic nitrogens is 2. The van der Waals surface area contributed by atoms with Crippen LogP contribution in [-0.4, -0.2) is 91.2 Å². The molecule has 0 bridgehead atoms. The van der Waals surface area contributed by atoms with Gasteiger partial charge < -0.3 is 28.5 Å². The smallest absolute Gasteiger partial charge is 0.330 e. The predicted octanol–water partition coefficient (Wildman–Crippen LogP) is 5.15. The van der Waals surface area contributed by atoms with Crippen LogP contribution in [0.5, 0.6) is 0 Å². The fourth-order valence-corrected chi connectivity index (χ4v) is 14.2. The van der Waals surface area contributed by atoms with Crippen LogP contribution in [0.25, 0.3) is 0 Å². The molecule has 2 aromatic carbocycles. The third kappa shape index (κ3) is 9.48. The molecule has 1 unspecified atom stereocenters. The number of hydrogen-bond donors (Lipinski definition) is 3. The van der Waals surface area contributed by atoms with Gasteiger partial charge in [-0.05, 0) is 52.8 Å². The van der Waals surface area contributed by atoms with Gasteiger partial charge in [0.2, 0.25) is 5.79 Å². The zero-order chi connectivity index (χ0) is 40.9. The molecule has 56 heavy (non-hydrogen) atoms. The van der Waals surface area contributed by atoms with Crippen molar-refractivity contribution in [2.75, 3.05) is 26.2 Å². The Morgan fingerprint density at radius 2 is 1.52 bits per heavy atom. The van der Waals surface area contributed by atoms with Gasteiger partial charge >= 0.3 is 13.9 Å². The summed E-state index contributed by atoms with van der Waals surface area (Å²) in [4.78, 5) is 44.2. The van der Waals surface area contributed by atoms with E-state index in [0.717, 1.165) is 27.6 Å². The summed E-state index contributed by atoms with van der Waals surface area (Å²) in [5.74, 6) is -0.798. The van der Waals surface area contributed by atoms with Crippen molar-refractivity contribution < 1.29 is 32.7 Å². The molecule has 308 valence electrons. The largest absolute Gasteiger partial charge is 0.405 e. The second kappa shape index (κ2) is 17.9. The van der Waals surface area contributed by atoms with Crippen LogP contribution >= 0.6 is 8.25 Å². The highest BCUT2D eigenvalue weighted by molar-refractivity contribution is 7.32. The van der Waals surface area contributed by atoms with Crippen LogP contribution in [0.2, 0.25) is 23.2 Å². The van der Waals surface area contributed by atoms with Crippen LogP contribution in [0.1, 0.15) is 79.9 Å². The summed E-state index contributed by atoms with van der Waals surface area (Å²) in [6.07, 6.45) is 3.36. The maximum absolute atomic E-state index is 12.9. The molecule has 3 aromatic rings. The monoisotopic (exact) mass is 828 g/mol. The lowest BCUT2D eigenvalue weighted by Gasteiger charge is -2.47. The number of nitrogens with zero attached hydrogens (tertiary/aromatic N) is 3. The van der Waals surface area contributed by atoms with E-state index in [-0.39, 0.29) is 6.61 Å². The summed E-state index contributed by atoms with van der Waals surface area (Å²) in [5.41, 5.74) is -1.46. The van der Waals surface area contributed by atoms with Gasteiger partial charge in [-0.25, -0.2) is 4.79 Å². The summed E-state index contributed by atoms with van der Waals surface area (Å²) in [7, 11) is -9.78. The minimum absolute atomic E-state index is 0.220. The second-order valence-electron chi connectivity index (χ2n) is 17.4. The highest BCUT2D eigenvalue weighted by Gasteiger charge is 2.64. The van der Waals surface area contributed by atoms with Crippen molar-refractivity contribution >= 4 is 41.1 Å². The molecule has 0 saturated carbocycles. The molecule has 0 aliphatic carbocycles. The number of amidine groups is 1. The van der Waals surface area contributed by atoms with Crippen LogP contribution in [0.3, 0.4) is 0 Å². The molecule has 5 atom stereocenters. The number of aliphatic hydroxyl groups excluding tert-OH is 1. The number of rotatable bonds is 10. The van der Waals surface area contributed by atoms with Gasteiger partial charge in [0.15, 0.2) is 20.6 Å². The average Bonchev–Trinajstić information content (AvgIpc) is 3.25. The number of aromatic amines is 1. The van der Waals surface area contributed by atoms with E-state index in [4.69, 9.17) is 18.1 Å². The van der Waals surface area contributed by atoms with Gasteiger partial charge in [-0.2, -0.15) is 0 Å². The topological polar surface area (TPSA) is 165 Å². The molecular weight excluding hydrogens is 768 g/mol. The Balaban J connectivity index is 0.000000463. The van der Waals surface area contributed by atoms with Crippen molar-refractivity contribution in [3.63, 3.8) is 0 Å². The molecule has 0 radical (unpaired) electrons. The maximum atomic E-state index is 12.9. The fraction of sp³-hybridized carbons (Fsp3) is 0.575. The van der Waals surface area contributed by atoms with E-state index in [9.17, 15) is 24.2 Å². The molecule has 0 amide bonds. The highest BCUT2D eigenvalue weighted by atomic mass is 31.1. The number of nitrogens with one attached hydrogen (secondary N) is 1. The van der Waals surface area contributed by atoms with E-state index in [1.54, 1.807) is 0 Å². The molecule has 2 fully saturated rings. The Hall–Kier alpha value is -2.99. The molecule has 3 aliphatic heterocycles. The summed E-state index contributed by atoms with van der Waals surface area (Å²) in [6.45, 7) is 19.5. The first-order valence-electron chi connectivity index (χ1n) is 19.6. The van der Waals surface area contributed by atoms with Crippen molar-refractivity contribution in [1.82, 2.24) is 14.5 Å². The first kappa shape index (κ1) is 44.1. The van der Waals surface area contributed by atoms with Crippen molar-refractivity contribution in [2.45, 2.75) is 121 Å². The van der Waals surface area contributed by atoms with E-state index in [1.165, 1.54) is 57.2 Å². The summed E-state index contributed by atoms with van der Waals surface area (Å²) in [6, 6.07) is 20.9. The van der Waals surface area contributed by atoms with Gasteiger partial charge in [0.05, 0.1) is 12.4 Å². The van der Waals surface area contributed by atoms with Gasteiger partial charge in [0.1, 0.15) is 6.10 Å². The zero-order valence-corrected chi connectivity index (χ0v) is 37.1. The number of aliphatic hydroxyl groups is 1. The number of H-pyrrole nitrogens is 1. The summed E-state index contributed by atoms with van der Waals surface area (Å²) < 4.78 is 39.5. The Morgan fingerprint density at radius 1 is 0.911 bits per heavy atom. The molecule has 1 aromatic heterocycles. The van der Waals surface area contributed by atoms with Crippen molar-refractivity contribution in [3.8, 4) is 0 Å². The Bertz CT molecular complexity index is 1890. The van der Waals surface area contributed by atoms with Crippen molar-refractivity contribution in [1.29, 1.82) is 0 Å². The minimum atomic E-state index is -3.74. The lowest BCUT2D eigenvalue weighted by Crippen LogP contribution is -2.68. The molecule has 2 saturated heterocycles. The van der Waals surface area contributed by atoms with Crippen LogP contribution in [0.15, 0.2) is 87.5 Å². The lowest BCUT2D eigenvalue weighted by atomic mass is 10.1. The van der Waals surface area contributed by atoms with Gasteiger partial charge in [-0.15, -0.1) is 0 Å². The van der Waals surface area contributed by atoms with Gasteiger partial charge in [-0.1, -0.05) is 109 Å². The molecular formula is C40H61N4O9PSi2. The summed E-state index contributed by atoms with van der Waals surface area (Å²) >= 11 is 0. The van der Waals surface area contributed by atoms with E-state index in [2.05, 4.69) is 35.6 Å². The average molecular weight is 829 g/mol. The van der Waals surface area contributed by atoms with E-state index in [0.29, 0.717) is 0 Å². The van der Waals surface area contributed by atoms with Crippen LogP contribution < -0.4 is 21.6 Å². The second-order valence-corrected chi connectivity index (χ2v) is 27.1. The molecule has 6 rings (SSSR count). The molecule has 0 spiro atoms. The third-order valence-electron chi connectivity index (χ3n) is 11.5. The van der Waals surface area contributed by atoms with Gasteiger partial charge in [-0.3, -0.25) is 28.4 Å². The minimum Gasteiger partial charge on any atom is -0.405 e. The van der Waals surface area contributed by atoms with E-state index >= 15 is 0 Å². The predicted molar refractivity (Wildman–Crippen MR) is 225 cm³/mol. The Morgan fingerprint density at radius 3 is 2.07 bits per heavy atom. The van der Waals surface area contributed by atoms with E-state index in [1.807, 2.05) is 94.5 Å². The standard InChI is InChI=1S/C31H45N2O9PSi2.C9H16N2/c1-29(2,3)44(7,8)42-31(41-43(37)38)24(40-27(26(31)35)33-20-19-25(34)32-28(33)36)21-39-45(30(4,5)6,22-15-11-9-12-16-22)23-17-13-10-14-18-23;1-2-5-9-10-6-4-8-11(9)7-3-1/h9-20,24,26-27,35,43H,21H2,1-8H3,(H,37,38)(H,32,34,36);1-8H2/t24-,26+,27-,31-;/m1./s1. The number of ether oxygens (including phenoxy) is 1. The lowest BCUT2D eigenvalue weighted by molar-refractivity contribution is -0.204. The number of aliphatic imine (C=N–C) groups is 1. The first-order valence-corrected chi connectivity index (χ1v) is 25.7. The molecule has 4 heterocycles. The molecule has 16 heteroatoms. The van der Waals surface area contributed by atoms with Gasteiger partial charge in [0, 0.05) is 38.3 Å². The van der Waals surface area contributed by atoms with Crippen LogP contribution in [0.4, 0.5) is 0 Å². The van der Waals surface area contributed by atoms with E-state index < -0.39 is 70.4 Å². The van der Waals surface area contributed by atoms with Crippen molar-refractivity contribution in [3.05, 3.63) is 93.8 Å². The van der Waals surface area contributed by atoms with Crippen LogP contribution in [-0.2, 0) is 22.7 Å². The molecule has 3 aliphatic rings. The Labute approximate surface area is 333 Å². The zero-order valence-electron chi connectivity index (χ0n) is 34.1. The highest BCUT2D eigenvalue weighted by Crippen LogP contribution is 2.50.